The second-order valence-electron chi connectivity index (χ2n) is 16.5. The maximum atomic E-state index is 9.21. The van der Waals surface area contributed by atoms with Crippen LogP contribution in [0, 0.1) is 0 Å². The number of pyridine rings is 1. The van der Waals surface area contributed by atoms with Crippen molar-refractivity contribution in [3.05, 3.63) is 212 Å². The van der Waals surface area contributed by atoms with E-state index in [1.54, 1.807) is 40.4 Å². The highest BCUT2D eigenvalue weighted by molar-refractivity contribution is 7.26. The van der Waals surface area contributed by atoms with Crippen LogP contribution in [0.15, 0.2) is 217 Å². The molecule has 0 amide bonds. The van der Waals surface area contributed by atoms with E-state index in [9.17, 15) is 2.74 Å². The minimum absolute atomic E-state index is 0.0577. The third-order valence-electron chi connectivity index (χ3n) is 12.6. The summed E-state index contributed by atoms with van der Waals surface area (Å²) < 4.78 is 72.6. The molecular formula is C60H35N5OS. The van der Waals surface area contributed by atoms with Gasteiger partial charge in [0.25, 0.3) is 0 Å². The van der Waals surface area contributed by atoms with Gasteiger partial charge in [-0.15, -0.1) is 11.3 Å². The molecule has 0 atom stereocenters. The van der Waals surface area contributed by atoms with E-state index in [0.29, 0.717) is 22.9 Å². The van der Waals surface area contributed by atoms with Crippen LogP contribution in [0.4, 0.5) is 0 Å². The Morgan fingerprint density at radius 3 is 2.10 bits per heavy atom. The molecule has 7 heteroatoms. The lowest BCUT2D eigenvalue weighted by atomic mass is 9.98. The molecule has 14 aromatic rings. The van der Waals surface area contributed by atoms with Gasteiger partial charge in [0.2, 0.25) is 0 Å². The van der Waals surface area contributed by atoms with Crippen molar-refractivity contribution in [1.29, 1.82) is 0 Å². The van der Waals surface area contributed by atoms with Crippen LogP contribution in [0.25, 0.3) is 137 Å². The van der Waals surface area contributed by atoms with Crippen LogP contribution in [0.5, 0.6) is 0 Å². The third-order valence-corrected chi connectivity index (χ3v) is 13.9. The summed E-state index contributed by atoms with van der Waals surface area (Å²) >= 11 is 1.75. The second-order valence-corrected chi connectivity index (χ2v) is 17.5. The number of hydrogen-bond donors (Lipinski definition) is 0. The summed E-state index contributed by atoms with van der Waals surface area (Å²) in [6, 6.07) is 49.9. The lowest BCUT2D eigenvalue weighted by Crippen LogP contribution is -2.03. The average molecular weight is 881 g/mol. The molecule has 67 heavy (non-hydrogen) atoms. The van der Waals surface area contributed by atoms with E-state index in [1.807, 2.05) is 66.7 Å². The second kappa shape index (κ2) is 14.9. The Balaban J connectivity index is 0.949. The van der Waals surface area contributed by atoms with Gasteiger partial charge in [-0.2, -0.15) is 0 Å². The molecule has 0 N–H and O–H groups in total. The first-order valence-electron chi connectivity index (χ1n) is 25.3. The Morgan fingerprint density at radius 2 is 1.16 bits per heavy atom. The van der Waals surface area contributed by atoms with Crippen LogP contribution < -0.4 is 0 Å². The summed E-state index contributed by atoms with van der Waals surface area (Å²) in [5.74, 6) is 1.05. The molecule has 0 fully saturated rings. The van der Waals surface area contributed by atoms with Gasteiger partial charge in [0, 0.05) is 81.8 Å². The molecule has 0 aliphatic carbocycles. The zero-order valence-corrected chi connectivity index (χ0v) is 36.0. The molecule has 5 aromatic heterocycles. The number of furan rings is 1. The maximum absolute atomic E-state index is 9.21. The maximum Gasteiger partial charge on any atom is 0.166 e. The average Bonchev–Trinajstić information content (AvgIpc) is 4.14. The number of hydrogen-bond acceptors (Lipinski definition) is 6. The van der Waals surface area contributed by atoms with Gasteiger partial charge < -0.3 is 8.98 Å². The number of aromatic nitrogens is 5. The van der Waals surface area contributed by atoms with Crippen molar-refractivity contribution < 1.29 is 14.0 Å². The first kappa shape index (κ1) is 31.2. The molecule has 9 aromatic carbocycles. The van der Waals surface area contributed by atoms with Gasteiger partial charge in [0.15, 0.2) is 17.5 Å². The van der Waals surface area contributed by atoms with Crippen LogP contribution >= 0.6 is 11.3 Å². The fourth-order valence-electron chi connectivity index (χ4n) is 9.54. The number of benzene rings is 9. The van der Waals surface area contributed by atoms with E-state index in [1.165, 1.54) is 6.07 Å². The third kappa shape index (κ3) is 6.02. The highest BCUT2D eigenvalue weighted by atomic mass is 32.1. The molecule has 14 rings (SSSR count). The summed E-state index contributed by atoms with van der Waals surface area (Å²) in [6.07, 6.45) is 3.54. The predicted octanol–water partition coefficient (Wildman–Crippen LogP) is 16.1. The molecule has 5 heterocycles. The van der Waals surface area contributed by atoms with Crippen LogP contribution in [0.2, 0.25) is 0 Å². The van der Waals surface area contributed by atoms with E-state index < -0.39 is 12.1 Å². The highest BCUT2D eigenvalue weighted by Crippen LogP contribution is 2.44. The molecule has 0 aliphatic heterocycles. The Bertz CT molecular complexity index is 4740. The summed E-state index contributed by atoms with van der Waals surface area (Å²) in [5, 5.41) is 6.52. The molecule has 0 bridgehead atoms. The van der Waals surface area contributed by atoms with Crippen molar-refractivity contribution in [2.24, 2.45) is 0 Å². The molecule has 0 saturated heterocycles. The van der Waals surface area contributed by atoms with E-state index in [2.05, 4.69) is 77.8 Å². The minimum Gasteiger partial charge on any atom is -0.455 e. The predicted molar refractivity (Wildman–Crippen MR) is 277 cm³/mol. The molecular weight excluding hydrogens is 839 g/mol. The fraction of sp³-hybridized carbons (Fsp3) is 0. The number of rotatable bonds is 6. The first-order chi connectivity index (χ1) is 36.1. The monoisotopic (exact) mass is 880 g/mol. The summed E-state index contributed by atoms with van der Waals surface area (Å²) in [6.45, 7) is 0. The standard InChI is InChI=1S/C60H35N5OS/c1-5-22-51-44(14-1)45-15-2-6-23-52(45)65(51)53-24-7-3-17-49(53)60-63-58(62-59(64-60)40-26-27-41-35-61-31-30-36(41)32-40)39-13-9-12-37(33-39)43-19-11-21-48-50-34-38(28-29-55(50)67-57(43)48)42-18-10-20-47-46-16-4-8-25-54(46)66-56(42)47/h1-35H/i1D,2D,5D,14D,15D,22D,23D. The van der Waals surface area contributed by atoms with E-state index in [0.717, 1.165) is 86.3 Å². The van der Waals surface area contributed by atoms with Crippen LogP contribution in [-0.2, 0) is 0 Å². The van der Waals surface area contributed by atoms with Crippen LogP contribution in [-0.4, -0.2) is 24.5 Å². The van der Waals surface area contributed by atoms with Gasteiger partial charge in [-0.1, -0.05) is 139 Å². The topological polar surface area (TPSA) is 69.6 Å². The molecule has 0 aliphatic rings. The van der Waals surface area contributed by atoms with Crippen molar-refractivity contribution in [2.45, 2.75) is 0 Å². The Kier molecular flexibility index (Phi) is 6.92. The van der Waals surface area contributed by atoms with Crippen molar-refractivity contribution in [1.82, 2.24) is 24.5 Å². The van der Waals surface area contributed by atoms with Gasteiger partial charge in [-0.3, -0.25) is 4.98 Å². The lowest BCUT2D eigenvalue weighted by Gasteiger charge is -2.15. The van der Waals surface area contributed by atoms with Gasteiger partial charge >= 0.3 is 0 Å². The van der Waals surface area contributed by atoms with Gasteiger partial charge in [0.05, 0.1) is 26.3 Å². The molecule has 312 valence electrons. The van der Waals surface area contributed by atoms with Gasteiger partial charge in [-0.05, 0) is 82.7 Å². The van der Waals surface area contributed by atoms with E-state index in [-0.39, 0.29) is 57.8 Å². The number of fused-ring (bicyclic) bond motifs is 10. The van der Waals surface area contributed by atoms with Crippen LogP contribution in [0.1, 0.15) is 9.60 Å². The number of thiophene rings is 1. The first-order valence-corrected chi connectivity index (χ1v) is 22.6. The Hall–Kier alpha value is -8.78. The largest absolute Gasteiger partial charge is 0.455 e. The Morgan fingerprint density at radius 1 is 0.463 bits per heavy atom. The van der Waals surface area contributed by atoms with Gasteiger partial charge in [-0.25, -0.2) is 15.0 Å². The number of nitrogens with zero attached hydrogens (tertiary/aromatic N) is 5. The fourth-order valence-corrected chi connectivity index (χ4v) is 10.8. The van der Waals surface area contributed by atoms with Crippen molar-refractivity contribution in [3.63, 3.8) is 0 Å². The lowest BCUT2D eigenvalue weighted by molar-refractivity contribution is 0.670. The normalized spacial score (nSPS) is 13.3. The minimum atomic E-state index is -0.470. The number of para-hydroxylation sites is 5. The van der Waals surface area contributed by atoms with Crippen molar-refractivity contribution in [2.75, 3.05) is 0 Å². The summed E-state index contributed by atoms with van der Waals surface area (Å²) in [5.41, 5.74) is 8.47. The molecule has 6 nitrogen and oxygen atoms in total. The quantitative estimate of drug-likeness (QED) is 0.166. The van der Waals surface area contributed by atoms with Gasteiger partial charge in [0.1, 0.15) is 11.2 Å². The molecule has 0 spiro atoms. The molecule has 0 saturated carbocycles. The SMILES string of the molecule is [2H]c1cc([2H])c2c(c1[2H])c1c([2H])c([2H])c([2H])c([2H])c1n2-c1ccccc1-c1nc(-c2cccc(-c3cccc4c3sc3ccc(-c5cccc6c5oc5ccccc56)cc34)c2)nc(-c2ccc3cnccc3c2)n1. The summed E-state index contributed by atoms with van der Waals surface area (Å²) in [7, 11) is 0. The smallest absolute Gasteiger partial charge is 0.166 e. The summed E-state index contributed by atoms with van der Waals surface area (Å²) in [4.78, 5) is 19.8. The molecule has 0 radical (unpaired) electrons. The van der Waals surface area contributed by atoms with Crippen molar-refractivity contribution >= 4 is 86.0 Å². The van der Waals surface area contributed by atoms with Crippen molar-refractivity contribution in [3.8, 4) is 62.1 Å². The zero-order valence-electron chi connectivity index (χ0n) is 42.2. The Labute approximate surface area is 397 Å². The van der Waals surface area contributed by atoms with Crippen LogP contribution in [0.3, 0.4) is 0 Å². The van der Waals surface area contributed by atoms with E-state index in [4.69, 9.17) is 26.2 Å². The highest BCUT2D eigenvalue weighted by Gasteiger charge is 2.21. The molecule has 0 unspecified atom stereocenters. The zero-order chi connectivity index (χ0) is 50.1. The van der Waals surface area contributed by atoms with E-state index >= 15 is 0 Å².